The Bertz CT molecular complexity index is 808. The summed E-state index contributed by atoms with van der Waals surface area (Å²) in [5.41, 5.74) is 0.274. The van der Waals surface area contributed by atoms with E-state index in [-0.39, 0.29) is 36.9 Å². The molecule has 2 saturated heterocycles. The Labute approximate surface area is 158 Å². The third-order valence-electron chi connectivity index (χ3n) is 5.96. The van der Waals surface area contributed by atoms with E-state index in [4.69, 9.17) is 4.74 Å². The predicted molar refractivity (Wildman–Crippen MR) is 98.7 cm³/mol. The second-order valence-corrected chi connectivity index (χ2v) is 8.01. The van der Waals surface area contributed by atoms with E-state index in [1.807, 2.05) is 24.3 Å². The Hall–Kier alpha value is -2.25. The maximum Gasteiger partial charge on any atom is 0.250 e. The van der Waals surface area contributed by atoms with Gasteiger partial charge in [-0.15, -0.1) is 0 Å². The second kappa shape index (κ2) is 6.42. The van der Waals surface area contributed by atoms with Crippen molar-refractivity contribution in [3.63, 3.8) is 0 Å². The Morgan fingerprint density at radius 2 is 1.93 bits per heavy atom. The molecule has 27 heavy (non-hydrogen) atoms. The summed E-state index contributed by atoms with van der Waals surface area (Å²) in [4.78, 5) is 40.8. The van der Waals surface area contributed by atoms with Crippen molar-refractivity contribution in [1.82, 2.24) is 10.2 Å². The molecule has 3 aliphatic rings. The monoisotopic (exact) mass is 371 g/mol. The minimum absolute atomic E-state index is 0.200. The first kappa shape index (κ1) is 18.1. The second-order valence-electron chi connectivity index (χ2n) is 8.01. The molecular formula is C20H25N3O4. The molecule has 4 rings (SSSR count). The lowest BCUT2D eigenvalue weighted by molar-refractivity contribution is -0.143. The number of rotatable bonds is 5. The molecule has 1 aromatic carbocycles. The number of para-hydroxylation sites is 1. The van der Waals surface area contributed by atoms with Gasteiger partial charge < -0.3 is 10.1 Å². The van der Waals surface area contributed by atoms with Gasteiger partial charge in [-0.3, -0.25) is 24.6 Å². The highest BCUT2D eigenvalue weighted by Gasteiger charge is 2.70. The molecule has 2 unspecified atom stereocenters. The van der Waals surface area contributed by atoms with Gasteiger partial charge in [0.15, 0.2) is 0 Å². The van der Waals surface area contributed by atoms with Crippen molar-refractivity contribution in [2.45, 2.75) is 31.8 Å². The fourth-order valence-corrected chi connectivity index (χ4v) is 4.93. The fourth-order valence-electron chi connectivity index (χ4n) is 4.93. The van der Waals surface area contributed by atoms with E-state index in [2.05, 4.69) is 24.5 Å². The topological polar surface area (TPSA) is 87.7 Å². The molecule has 7 heteroatoms. The average Bonchev–Trinajstić information content (AvgIpc) is 3.19. The number of hydrogen-bond donors (Lipinski definition) is 2. The van der Waals surface area contributed by atoms with Gasteiger partial charge in [-0.2, -0.15) is 0 Å². The highest BCUT2D eigenvalue weighted by atomic mass is 16.5. The molecule has 0 bridgehead atoms. The molecule has 3 heterocycles. The number of amides is 3. The third kappa shape index (κ3) is 2.45. The van der Waals surface area contributed by atoms with Crippen molar-refractivity contribution in [1.29, 1.82) is 0 Å². The number of carbonyl (C=O) groups excluding carboxylic acids is 3. The molecule has 4 atom stereocenters. The van der Waals surface area contributed by atoms with Crippen LogP contribution in [0.15, 0.2) is 24.3 Å². The highest BCUT2D eigenvalue weighted by molar-refractivity contribution is 6.15. The number of imide groups is 1. The standard InChI is InChI=1S/C20H25N3O4/c1-11(2)10-14-15-16(18(25)23(17(15)24)8-9-27-3)20(22-14)12-6-4-5-7-13(12)21-19(20)26/h4-7,11,14-16,22H,8-10H2,1-3H3,(H,21,26)/t14?,15-,16+,20?/m0/s1. The first-order chi connectivity index (χ1) is 12.9. The number of nitrogens with zero attached hydrogens (tertiary/aromatic N) is 1. The van der Waals surface area contributed by atoms with Crippen LogP contribution in [0.2, 0.25) is 0 Å². The molecule has 1 aromatic rings. The minimum atomic E-state index is -1.19. The summed E-state index contributed by atoms with van der Waals surface area (Å²) in [7, 11) is 1.54. The maximum absolute atomic E-state index is 13.3. The van der Waals surface area contributed by atoms with Crippen molar-refractivity contribution in [2.24, 2.45) is 17.8 Å². The van der Waals surface area contributed by atoms with Crippen molar-refractivity contribution in [2.75, 3.05) is 25.6 Å². The van der Waals surface area contributed by atoms with Gasteiger partial charge in [-0.05, 0) is 18.4 Å². The first-order valence-corrected chi connectivity index (χ1v) is 9.44. The van der Waals surface area contributed by atoms with Crippen LogP contribution in [0.25, 0.3) is 0 Å². The van der Waals surface area contributed by atoms with Crippen molar-refractivity contribution in [3.05, 3.63) is 29.8 Å². The summed E-state index contributed by atoms with van der Waals surface area (Å²) in [5.74, 6) is -1.67. The van der Waals surface area contributed by atoms with E-state index in [1.165, 1.54) is 12.0 Å². The van der Waals surface area contributed by atoms with Gasteiger partial charge >= 0.3 is 0 Å². The Balaban J connectivity index is 1.82. The Morgan fingerprint density at radius 3 is 2.63 bits per heavy atom. The number of ether oxygens (including phenoxy) is 1. The van der Waals surface area contributed by atoms with Crippen LogP contribution in [0.5, 0.6) is 0 Å². The number of fused-ring (bicyclic) bond motifs is 4. The van der Waals surface area contributed by atoms with E-state index in [0.717, 1.165) is 12.0 Å². The smallest absolute Gasteiger partial charge is 0.250 e. The molecule has 1 spiro atoms. The molecular weight excluding hydrogens is 346 g/mol. The molecule has 0 saturated carbocycles. The van der Waals surface area contributed by atoms with Crippen LogP contribution in [0.1, 0.15) is 25.8 Å². The van der Waals surface area contributed by atoms with Crippen LogP contribution < -0.4 is 10.6 Å². The molecule has 3 aliphatic heterocycles. The number of benzene rings is 1. The number of carbonyl (C=O) groups is 3. The minimum Gasteiger partial charge on any atom is -0.383 e. The number of anilines is 1. The van der Waals surface area contributed by atoms with Crippen LogP contribution in [-0.4, -0.2) is 48.9 Å². The van der Waals surface area contributed by atoms with Crippen LogP contribution in [0.3, 0.4) is 0 Å². The van der Waals surface area contributed by atoms with Gasteiger partial charge in [-0.25, -0.2) is 0 Å². The van der Waals surface area contributed by atoms with Crippen LogP contribution >= 0.6 is 0 Å². The lowest BCUT2D eigenvalue weighted by atomic mass is 9.76. The number of methoxy groups -OCH3 is 1. The molecule has 2 N–H and O–H groups in total. The zero-order chi connectivity index (χ0) is 19.3. The van der Waals surface area contributed by atoms with Crippen LogP contribution in [-0.2, 0) is 24.7 Å². The van der Waals surface area contributed by atoms with Gasteiger partial charge in [0.05, 0.1) is 25.0 Å². The maximum atomic E-state index is 13.3. The third-order valence-corrected chi connectivity index (χ3v) is 5.96. The van der Waals surface area contributed by atoms with E-state index < -0.39 is 17.4 Å². The number of likely N-dealkylation sites (tertiary alicyclic amines) is 1. The fraction of sp³-hybridized carbons (Fsp3) is 0.550. The van der Waals surface area contributed by atoms with Gasteiger partial charge in [0.1, 0.15) is 5.54 Å². The summed E-state index contributed by atoms with van der Waals surface area (Å²) < 4.78 is 5.07. The number of hydrogen-bond acceptors (Lipinski definition) is 5. The Kier molecular flexibility index (Phi) is 4.31. The van der Waals surface area contributed by atoms with Crippen LogP contribution in [0, 0.1) is 17.8 Å². The van der Waals surface area contributed by atoms with E-state index in [9.17, 15) is 14.4 Å². The SMILES string of the molecule is COCCN1C(=O)[C@H]2C(CC(C)C)NC3(C(=O)Nc4ccccc43)[C@H]2C1=O. The van der Waals surface area contributed by atoms with E-state index in [1.54, 1.807) is 0 Å². The molecule has 2 fully saturated rings. The molecule has 3 amide bonds. The van der Waals surface area contributed by atoms with Crippen LogP contribution in [0.4, 0.5) is 5.69 Å². The summed E-state index contributed by atoms with van der Waals surface area (Å²) >= 11 is 0. The summed E-state index contributed by atoms with van der Waals surface area (Å²) in [6, 6.07) is 7.18. The molecule has 0 radical (unpaired) electrons. The lowest BCUT2D eigenvalue weighted by Gasteiger charge is -2.29. The average molecular weight is 371 g/mol. The summed E-state index contributed by atoms with van der Waals surface area (Å²) in [5, 5.41) is 6.33. The highest BCUT2D eigenvalue weighted by Crippen LogP contribution is 2.53. The van der Waals surface area contributed by atoms with Crippen molar-refractivity contribution >= 4 is 23.4 Å². The Morgan fingerprint density at radius 1 is 1.19 bits per heavy atom. The molecule has 144 valence electrons. The van der Waals surface area contributed by atoms with Gasteiger partial charge in [0, 0.05) is 24.4 Å². The lowest BCUT2D eigenvalue weighted by Crippen LogP contribution is -2.53. The quantitative estimate of drug-likeness (QED) is 0.757. The van der Waals surface area contributed by atoms with E-state index in [0.29, 0.717) is 11.6 Å². The molecule has 7 nitrogen and oxygen atoms in total. The van der Waals surface area contributed by atoms with E-state index >= 15 is 0 Å². The molecule has 0 aliphatic carbocycles. The zero-order valence-corrected chi connectivity index (χ0v) is 15.8. The van der Waals surface area contributed by atoms with Crippen molar-refractivity contribution < 1.29 is 19.1 Å². The predicted octanol–water partition coefficient (Wildman–Crippen LogP) is 1.10. The largest absolute Gasteiger partial charge is 0.383 e. The van der Waals surface area contributed by atoms with Gasteiger partial charge in [0.25, 0.3) is 0 Å². The summed E-state index contributed by atoms with van der Waals surface area (Å²) in [6.07, 6.45) is 0.718. The summed E-state index contributed by atoms with van der Waals surface area (Å²) in [6.45, 7) is 4.66. The zero-order valence-electron chi connectivity index (χ0n) is 15.8. The normalized spacial score (nSPS) is 31.8. The van der Waals surface area contributed by atoms with Crippen molar-refractivity contribution in [3.8, 4) is 0 Å². The van der Waals surface area contributed by atoms with Gasteiger partial charge in [0.2, 0.25) is 17.7 Å². The number of nitrogens with one attached hydrogen (secondary N) is 2. The molecule has 0 aromatic heterocycles. The first-order valence-electron chi connectivity index (χ1n) is 9.44. The van der Waals surface area contributed by atoms with Gasteiger partial charge in [-0.1, -0.05) is 32.0 Å².